The van der Waals surface area contributed by atoms with Gasteiger partial charge in [-0.15, -0.1) is 0 Å². The number of β-amino-alcohol motifs (C(OH)–C–C–N with tert-alkyl or cyclic N) is 1. The SMILES string of the molecule is O=C1CCC(N2Cc3cccc(CNC[C@@H]4C[C@H](O)CN4)c3C2=O)C(=O)N1. The monoisotopic (exact) mass is 372 g/mol. The summed E-state index contributed by atoms with van der Waals surface area (Å²) in [6.45, 7) is 2.27. The molecule has 4 N–H and O–H groups in total. The molecule has 8 heteroatoms. The number of piperidine rings is 1. The molecule has 2 saturated heterocycles. The zero-order valence-electron chi connectivity index (χ0n) is 15.0. The molecule has 0 saturated carbocycles. The van der Waals surface area contributed by atoms with E-state index in [4.69, 9.17) is 0 Å². The molecule has 0 bridgehead atoms. The fourth-order valence-corrected chi connectivity index (χ4v) is 4.17. The van der Waals surface area contributed by atoms with Crippen molar-refractivity contribution in [3.05, 3.63) is 34.9 Å². The highest BCUT2D eigenvalue weighted by molar-refractivity contribution is 6.05. The molecule has 3 aliphatic heterocycles. The van der Waals surface area contributed by atoms with Gasteiger partial charge in [-0.05, 0) is 24.0 Å². The molecule has 27 heavy (non-hydrogen) atoms. The van der Waals surface area contributed by atoms with Crippen LogP contribution in [0.15, 0.2) is 18.2 Å². The van der Waals surface area contributed by atoms with Gasteiger partial charge in [0.05, 0.1) is 6.10 Å². The number of carbonyl (C=O) groups is 3. The summed E-state index contributed by atoms with van der Waals surface area (Å²) in [4.78, 5) is 38.1. The second kappa shape index (κ2) is 7.38. The van der Waals surface area contributed by atoms with Gasteiger partial charge in [0, 0.05) is 44.2 Å². The molecule has 3 aliphatic rings. The highest BCUT2D eigenvalue weighted by atomic mass is 16.3. The van der Waals surface area contributed by atoms with E-state index in [1.807, 2.05) is 18.2 Å². The number of nitrogens with zero attached hydrogens (tertiary/aromatic N) is 1. The third-order valence-corrected chi connectivity index (χ3v) is 5.54. The van der Waals surface area contributed by atoms with Crippen molar-refractivity contribution in [1.29, 1.82) is 0 Å². The van der Waals surface area contributed by atoms with Gasteiger partial charge in [-0.25, -0.2) is 0 Å². The molecule has 8 nitrogen and oxygen atoms in total. The minimum Gasteiger partial charge on any atom is -0.392 e. The normalized spacial score (nSPS) is 27.8. The van der Waals surface area contributed by atoms with Gasteiger partial charge in [0.25, 0.3) is 5.91 Å². The van der Waals surface area contributed by atoms with Crippen molar-refractivity contribution in [3.8, 4) is 0 Å². The minimum absolute atomic E-state index is 0.147. The number of benzene rings is 1. The topological polar surface area (TPSA) is 111 Å². The van der Waals surface area contributed by atoms with Crippen molar-refractivity contribution in [2.75, 3.05) is 13.1 Å². The molecule has 144 valence electrons. The lowest BCUT2D eigenvalue weighted by atomic mass is 10.0. The van der Waals surface area contributed by atoms with Crippen LogP contribution in [0.1, 0.15) is 40.7 Å². The fourth-order valence-electron chi connectivity index (χ4n) is 4.17. The molecular formula is C19H24N4O4. The highest BCUT2D eigenvalue weighted by Crippen LogP contribution is 2.29. The maximum atomic E-state index is 13.0. The number of carbonyl (C=O) groups excluding carboxylic acids is 3. The molecule has 1 aromatic carbocycles. The second-order valence-electron chi connectivity index (χ2n) is 7.48. The maximum absolute atomic E-state index is 13.0. The highest BCUT2D eigenvalue weighted by Gasteiger charge is 2.39. The average molecular weight is 372 g/mol. The van der Waals surface area contributed by atoms with E-state index in [0.29, 0.717) is 38.2 Å². The average Bonchev–Trinajstić information content (AvgIpc) is 3.19. The Morgan fingerprint density at radius 3 is 2.85 bits per heavy atom. The summed E-state index contributed by atoms with van der Waals surface area (Å²) < 4.78 is 0. The van der Waals surface area contributed by atoms with Gasteiger partial charge in [0.2, 0.25) is 11.8 Å². The van der Waals surface area contributed by atoms with Crippen molar-refractivity contribution in [2.24, 2.45) is 0 Å². The largest absolute Gasteiger partial charge is 0.392 e. The summed E-state index contributed by atoms with van der Waals surface area (Å²) >= 11 is 0. The van der Waals surface area contributed by atoms with Crippen molar-refractivity contribution >= 4 is 17.7 Å². The van der Waals surface area contributed by atoms with E-state index < -0.39 is 11.9 Å². The van der Waals surface area contributed by atoms with E-state index >= 15 is 0 Å². The number of nitrogens with one attached hydrogen (secondary N) is 3. The van der Waals surface area contributed by atoms with Crippen LogP contribution < -0.4 is 16.0 Å². The van der Waals surface area contributed by atoms with Gasteiger partial charge >= 0.3 is 0 Å². The molecule has 0 spiro atoms. The zero-order chi connectivity index (χ0) is 19.0. The molecular weight excluding hydrogens is 348 g/mol. The van der Waals surface area contributed by atoms with Crippen LogP contribution in [0.3, 0.4) is 0 Å². The van der Waals surface area contributed by atoms with E-state index in [1.165, 1.54) is 0 Å². The summed E-state index contributed by atoms with van der Waals surface area (Å²) in [5.74, 6) is -0.819. The van der Waals surface area contributed by atoms with E-state index in [9.17, 15) is 19.5 Å². The number of amides is 3. The molecule has 1 unspecified atom stereocenters. The standard InChI is InChI=1S/C19H24N4O4/c24-14-6-13(21-9-14)8-20-7-11-2-1-3-12-10-23(19(27)17(11)12)15-4-5-16(25)22-18(15)26/h1-3,13-15,20-21,24H,4-10H2,(H,22,25,26)/t13-,14-,15?/m0/s1. The van der Waals surface area contributed by atoms with Crippen molar-refractivity contribution in [1.82, 2.24) is 20.9 Å². The third-order valence-electron chi connectivity index (χ3n) is 5.54. The van der Waals surface area contributed by atoms with Crippen LogP contribution in [0.2, 0.25) is 0 Å². The van der Waals surface area contributed by atoms with Crippen molar-refractivity contribution in [3.63, 3.8) is 0 Å². The number of hydrogen-bond donors (Lipinski definition) is 4. The van der Waals surface area contributed by atoms with Crippen LogP contribution in [-0.2, 0) is 22.7 Å². The Balaban J connectivity index is 1.43. The van der Waals surface area contributed by atoms with Gasteiger partial charge < -0.3 is 20.6 Å². The maximum Gasteiger partial charge on any atom is 0.255 e. The molecule has 0 aromatic heterocycles. The van der Waals surface area contributed by atoms with Crippen LogP contribution in [-0.4, -0.2) is 59.0 Å². The predicted molar refractivity (Wildman–Crippen MR) is 96.6 cm³/mol. The lowest BCUT2D eigenvalue weighted by Crippen LogP contribution is -2.52. The van der Waals surface area contributed by atoms with E-state index in [-0.39, 0.29) is 30.4 Å². The van der Waals surface area contributed by atoms with Gasteiger partial charge in [-0.1, -0.05) is 18.2 Å². The summed E-state index contributed by atoms with van der Waals surface area (Å²) in [6.07, 6.45) is 1.06. The number of imide groups is 1. The van der Waals surface area contributed by atoms with Gasteiger partial charge in [0.1, 0.15) is 6.04 Å². The lowest BCUT2D eigenvalue weighted by molar-refractivity contribution is -0.136. The Hall–Kier alpha value is -2.29. The van der Waals surface area contributed by atoms with E-state index in [0.717, 1.165) is 17.5 Å². The first-order chi connectivity index (χ1) is 13.0. The number of aliphatic hydroxyl groups is 1. The van der Waals surface area contributed by atoms with E-state index in [1.54, 1.807) is 4.90 Å². The van der Waals surface area contributed by atoms with Crippen LogP contribution >= 0.6 is 0 Å². The molecule has 3 atom stereocenters. The van der Waals surface area contributed by atoms with Crippen LogP contribution in [0.5, 0.6) is 0 Å². The first-order valence-corrected chi connectivity index (χ1v) is 9.40. The lowest BCUT2D eigenvalue weighted by Gasteiger charge is -2.29. The van der Waals surface area contributed by atoms with Gasteiger partial charge in [-0.2, -0.15) is 0 Å². The minimum atomic E-state index is -0.590. The molecule has 2 fully saturated rings. The Morgan fingerprint density at radius 1 is 1.26 bits per heavy atom. The molecule has 0 radical (unpaired) electrons. The fraction of sp³-hybridized carbons (Fsp3) is 0.526. The molecule has 3 heterocycles. The second-order valence-corrected chi connectivity index (χ2v) is 7.48. The first-order valence-electron chi connectivity index (χ1n) is 9.40. The number of hydrogen-bond acceptors (Lipinski definition) is 6. The van der Waals surface area contributed by atoms with E-state index in [2.05, 4.69) is 16.0 Å². The van der Waals surface area contributed by atoms with Crippen molar-refractivity contribution < 1.29 is 19.5 Å². The third kappa shape index (κ3) is 3.60. The Labute approximate surface area is 157 Å². The van der Waals surface area contributed by atoms with Gasteiger partial charge in [0.15, 0.2) is 0 Å². The number of fused-ring (bicyclic) bond motifs is 1. The van der Waals surface area contributed by atoms with Crippen LogP contribution in [0.4, 0.5) is 0 Å². The van der Waals surface area contributed by atoms with Crippen LogP contribution in [0.25, 0.3) is 0 Å². The summed E-state index contributed by atoms with van der Waals surface area (Å²) in [5, 5.41) is 18.5. The Morgan fingerprint density at radius 2 is 2.11 bits per heavy atom. The zero-order valence-corrected chi connectivity index (χ0v) is 15.0. The van der Waals surface area contributed by atoms with Gasteiger partial charge in [-0.3, -0.25) is 19.7 Å². The number of rotatable bonds is 5. The smallest absolute Gasteiger partial charge is 0.255 e. The first kappa shape index (κ1) is 18.1. The summed E-state index contributed by atoms with van der Waals surface area (Å²) in [5.41, 5.74) is 2.48. The number of aliphatic hydroxyl groups excluding tert-OH is 1. The van der Waals surface area contributed by atoms with Crippen molar-refractivity contribution in [2.45, 2.75) is 50.5 Å². The molecule has 0 aliphatic carbocycles. The quantitative estimate of drug-likeness (QED) is 0.507. The Bertz CT molecular complexity index is 781. The molecule has 1 aromatic rings. The Kier molecular flexibility index (Phi) is 4.94. The van der Waals surface area contributed by atoms with Crippen LogP contribution in [0, 0.1) is 0 Å². The summed E-state index contributed by atoms with van der Waals surface area (Å²) in [6, 6.07) is 5.40. The predicted octanol–water partition coefficient (Wildman–Crippen LogP) is -0.740. The summed E-state index contributed by atoms with van der Waals surface area (Å²) in [7, 11) is 0. The molecule has 4 rings (SSSR count). The molecule has 3 amide bonds.